The molecule has 1 heterocycles. The number of thiocarbonyl (C=S) groups is 1. The van der Waals surface area contributed by atoms with Crippen LogP contribution in [0, 0.1) is 19.8 Å². The lowest BCUT2D eigenvalue weighted by Gasteiger charge is -2.16. The van der Waals surface area contributed by atoms with E-state index in [1.165, 1.54) is 12.1 Å². The lowest BCUT2D eigenvalue weighted by molar-refractivity contribution is -0.274. The van der Waals surface area contributed by atoms with Crippen LogP contribution in [0.5, 0.6) is 5.75 Å². The minimum atomic E-state index is -4.73. The van der Waals surface area contributed by atoms with Crippen molar-refractivity contribution >= 4 is 34.9 Å². The predicted molar refractivity (Wildman–Crippen MR) is 140 cm³/mol. The van der Waals surface area contributed by atoms with E-state index in [1.807, 2.05) is 50.2 Å². The largest absolute Gasteiger partial charge is 0.573 e. The van der Waals surface area contributed by atoms with Gasteiger partial charge in [-0.2, -0.15) is 5.10 Å². The zero-order valence-electron chi connectivity index (χ0n) is 20.0. The first-order chi connectivity index (χ1) is 17.7. The van der Waals surface area contributed by atoms with E-state index in [0.717, 1.165) is 44.8 Å². The topological polar surface area (TPSA) is 67.2 Å². The number of nitrogens with zero attached hydrogens (tertiary/aromatic N) is 2. The fourth-order valence-corrected chi connectivity index (χ4v) is 4.83. The highest BCUT2D eigenvalue weighted by molar-refractivity contribution is 7.80. The number of alkyl halides is 3. The third-order valence-electron chi connectivity index (χ3n) is 6.37. The summed E-state index contributed by atoms with van der Waals surface area (Å²) in [6.07, 6.45) is -2.72. The summed E-state index contributed by atoms with van der Waals surface area (Å²) in [5, 5.41) is 12.1. The Morgan fingerprint density at radius 1 is 1.11 bits per heavy atom. The van der Waals surface area contributed by atoms with Crippen molar-refractivity contribution in [1.29, 1.82) is 0 Å². The molecule has 6 nitrogen and oxygen atoms in total. The van der Waals surface area contributed by atoms with Gasteiger partial charge in [0.25, 0.3) is 0 Å². The van der Waals surface area contributed by atoms with Crippen LogP contribution in [0.4, 0.5) is 18.9 Å². The highest BCUT2D eigenvalue weighted by Crippen LogP contribution is 2.43. The molecule has 0 radical (unpaired) electrons. The minimum Gasteiger partial charge on any atom is -0.406 e. The summed E-state index contributed by atoms with van der Waals surface area (Å²) in [6.45, 7) is 4.02. The van der Waals surface area contributed by atoms with Crippen LogP contribution < -0.4 is 15.5 Å². The summed E-state index contributed by atoms with van der Waals surface area (Å²) in [6, 6.07) is 17.7. The molecule has 0 amide bonds. The highest BCUT2D eigenvalue weighted by atomic mass is 32.1. The monoisotopic (exact) mass is 524 g/mol. The van der Waals surface area contributed by atoms with Crippen LogP contribution in [-0.2, 0) is 11.3 Å². The number of anilines is 1. The van der Waals surface area contributed by atoms with Crippen molar-refractivity contribution in [2.75, 3.05) is 5.32 Å². The Morgan fingerprint density at radius 2 is 1.84 bits per heavy atom. The minimum absolute atomic E-state index is 0.0242. The molecule has 0 bridgehead atoms. The summed E-state index contributed by atoms with van der Waals surface area (Å²) in [5.74, 6) is -0.296. The van der Waals surface area contributed by atoms with Gasteiger partial charge in [-0.05, 0) is 78.5 Å². The second kappa shape index (κ2) is 9.85. The second-order valence-corrected chi connectivity index (χ2v) is 9.35. The Labute approximate surface area is 217 Å². The maximum atomic E-state index is 12.4. The number of hydrogen-bond acceptors (Lipinski definition) is 5. The number of hydrogen-bond donors (Lipinski definition) is 2. The van der Waals surface area contributed by atoms with Crippen molar-refractivity contribution in [3.63, 3.8) is 0 Å². The Kier molecular flexibility index (Phi) is 6.59. The van der Waals surface area contributed by atoms with Gasteiger partial charge in [0.15, 0.2) is 11.2 Å². The van der Waals surface area contributed by atoms with Gasteiger partial charge in [-0.25, -0.2) is 0 Å². The smallest absolute Gasteiger partial charge is 0.406 e. The van der Waals surface area contributed by atoms with Crippen molar-refractivity contribution in [2.24, 2.45) is 16.2 Å². The number of aryl methyl sites for hydroxylation is 2. The molecule has 190 valence electrons. The number of para-hydroxylation sites is 1. The zero-order valence-corrected chi connectivity index (χ0v) is 20.8. The zero-order chi connectivity index (χ0) is 26.2. The number of hydrazone groups is 1. The number of oxime groups is 1. The van der Waals surface area contributed by atoms with Gasteiger partial charge < -0.3 is 14.9 Å². The van der Waals surface area contributed by atoms with E-state index in [1.54, 1.807) is 18.3 Å². The van der Waals surface area contributed by atoms with Crippen LogP contribution >= 0.6 is 12.2 Å². The van der Waals surface area contributed by atoms with E-state index >= 15 is 0 Å². The Balaban J connectivity index is 1.22. The normalized spacial score (nSPS) is 18.1. The van der Waals surface area contributed by atoms with E-state index in [2.05, 4.69) is 25.7 Å². The summed E-state index contributed by atoms with van der Waals surface area (Å²) in [7, 11) is 0. The molecule has 0 saturated carbocycles. The first-order valence-electron chi connectivity index (χ1n) is 11.6. The SMILES string of the molecule is Cc1cccc(C)c1NC(=S)N/N=C/c1ccc2c(c1)CC1C2=NOC1c1ccc(OC(F)(F)F)cc1. The van der Waals surface area contributed by atoms with Gasteiger partial charge in [0.2, 0.25) is 0 Å². The molecule has 0 aromatic heterocycles. The molecular formula is C27H23F3N4O2S. The van der Waals surface area contributed by atoms with Crippen LogP contribution in [0.1, 0.15) is 39.5 Å². The molecular weight excluding hydrogens is 501 g/mol. The quantitative estimate of drug-likeness (QED) is 0.237. The van der Waals surface area contributed by atoms with Crippen LogP contribution in [0.15, 0.2) is 70.9 Å². The number of halogens is 3. The maximum Gasteiger partial charge on any atom is 0.573 e. The fourth-order valence-electron chi connectivity index (χ4n) is 4.67. The van der Waals surface area contributed by atoms with Crippen LogP contribution in [0.2, 0.25) is 0 Å². The first-order valence-corrected chi connectivity index (χ1v) is 12.0. The van der Waals surface area contributed by atoms with Crippen molar-refractivity contribution < 1.29 is 22.7 Å². The molecule has 37 heavy (non-hydrogen) atoms. The van der Waals surface area contributed by atoms with E-state index in [-0.39, 0.29) is 17.8 Å². The maximum absolute atomic E-state index is 12.4. The molecule has 2 N–H and O–H groups in total. The van der Waals surface area contributed by atoms with E-state index in [4.69, 9.17) is 17.1 Å². The van der Waals surface area contributed by atoms with E-state index in [0.29, 0.717) is 11.5 Å². The highest BCUT2D eigenvalue weighted by Gasteiger charge is 2.41. The van der Waals surface area contributed by atoms with Gasteiger partial charge in [-0.1, -0.05) is 47.6 Å². The molecule has 3 aromatic rings. The molecule has 3 aromatic carbocycles. The van der Waals surface area contributed by atoms with E-state index in [9.17, 15) is 13.2 Å². The average Bonchev–Trinajstić information content (AvgIpc) is 3.40. The van der Waals surface area contributed by atoms with Gasteiger partial charge in [0, 0.05) is 11.3 Å². The number of ether oxygens (including phenoxy) is 1. The Bertz CT molecular complexity index is 1380. The molecule has 0 saturated heterocycles. The molecule has 0 fully saturated rings. The molecule has 1 aliphatic heterocycles. The van der Waals surface area contributed by atoms with Crippen LogP contribution in [0.3, 0.4) is 0 Å². The van der Waals surface area contributed by atoms with Crippen molar-refractivity contribution in [3.05, 3.63) is 94.0 Å². The predicted octanol–water partition coefficient (Wildman–Crippen LogP) is 6.17. The Hall–Kier alpha value is -3.92. The molecule has 5 rings (SSSR count). The van der Waals surface area contributed by atoms with Crippen molar-refractivity contribution in [2.45, 2.75) is 32.7 Å². The van der Waals surface area contributed by atoms with Crippen molar-refractivity contribution in [3.8, 4) is 5.75 Å². The van der Waals surface area contributed by atoms with Crippen LogP contribution in [-0.4, -0.2) is 23.4 Å². The van der Waals surface area contributed by atoms with Crippen molar-refractivity contribution in [1.82, 2.24) is 5.43 Å². The molecule has 1 aliphatic carbocycles. The molecule has 2 aliphatic rings. The first kappa shape index (κ1) is 24.8. The number of fused-ring (bicyclic) bond motifs is 3. The van der Waals surface area contributed by atoms with Gasteiger partial charge >= 0.3 is 6.36 Å². The van der Waals surface area contributed by atoms with Gasteiger partial charge in [0.05, 0.1) is 17.8 Å². The summed E-state index contributed by atoms with van der Waals surface area (Å²) >= 11 is 5.37. The molecule has 2 atom stereocenters. The summed E-state index contributed by atoms with van der Waals surface area (Å²) in [5.41, 5.74) is 10.6. The lowest BCUT2D eigenvalue weighted by atomic mass is 9.92. The third-order valence-corrected chi connectivity index (χ3v) is 6.56. The molecule has 0 spiro atoms. The van der Waals surface area contributed by atoms with Gasteiger partial charge in [0.1, 0.15) is 5.75 Å². The van der Waals surface area contributed by atoms with Gasteiger partial charge in [-0.3, -0.25) is 5.43 Å². The van der Waals surface area contributed by atoms with Gasteiger partial charge in [-0.15, -0.1) is 13.2 Å². The standard InChI is InChI=1S/C27H23F3N4O2S/c1-15-4-3-5-16(2)23(15)32-26(37)33-31-14-17-6-11-21-19(12-17)13-22-24(21)34-36-25(22)18-7-9-20(10-8-18)35-27(28,29)30/h3-12,14,22,25H,13H2,1-2H3,(H2,32,33,37)/b31-14+. The second-order valence-electron chi connectivity index (χ2n) is 8.94. The summed E-state index contributed by atoms with van der Waals surface area (Å²) in [4.78, 5) is 5.66. The average molecular weight is 525 g/mol. The van der Waals surface area contributed by atoms with Crippen LogP contribution in [0.25, 0.3) is 0 Å². The lowest BCUT2D eigenvalue weighted by Crippen LogP contribution is -2.24. The summed E-state index contributed by atoms with van der Waals surface area (Å²) < 4.78 is 41.3. The van der Waals surface area contributed by atoms with E-state index < -0.39 is 6.36 Å². The number of benzene rings is 3. The number of nitrogens with one attached hydrogen (secondary N) is 2. The third kappa shape index (κ3) is 5.43. The Morgan fingerprint density at radius 3 is 2.54 bits per heavy atom. The fraction of sp³-hybridized carbons (Fsp3) is 0.222. The molecule has 10 heteroatoms. The number of rotatable bonds is 5. The molecule has 2 unspecified atom stereocenters.